The summed E-state index contributed by atoms with van der Waals surface area (Å²) in [6.45, 7) is 5.10. The van der Waals surface area contributed by atoms with E-state index in [0.717, 1.165) is 38.9 Å². The number of nitrogens with zero attached hydrogens (tertiary/aromatic N) is 3. The maximum absolute atomic E-state index is 12.2. The predicted molar refractivity (Wildman–Crippen MR) is 102 cm³/mol. The molecule has 1 aromatic heterocycles. The van der Waals surface area contributed by atoms with Crippen LogP contribution >= 0.6 is 0 Å². The number of hydrogen-bond donors (Lipinski definition) is 1. The second-order valence-corrected chi connectivity index (χ2v) is 7.13. The summed E-state index contributed by atoms with van der Waals surface area (Å²) in [5.41, 5.74) is 1.39. The Morgan fingerprint density at radius 1 is 1.24 bits per heavy atom. The van der Waals surface area contributed by atoms with Gasteiger partial charge in [0.05, 0.1) is 0 Å². The fourth-order valence-corrected chi connectivity index (χ4v) is 3.45. The number of piperidine rings is 1. The van der Waals surface area contributed by atoms with E-state index in [1.807, 2.05) is 0 Å². The van der Waals surface area contributed by atoms with E-state index in [2.05, 4.69) is 52.5 Å². The first-order valence-corrected chi connectivity index (χ1v) is 9.17. The molecule has 5 nitrogen and oxygen atoms in total. The molecule has 2 heterocycles. The molecule has 0 unspecified atom stereocenters. The van der Waals surface area contributed by atoms with Crippen molar-refractivity contribution in [2.75, 3.05) is 24.5 Å². The van der Waals surface area contributed by atoms with Gasteiger partial charge in [0.1, 0.15) is 0 Å². The molecule has 1 N–H and O–H groups in total. The normalized spacial score (nSPS) is 16.8. The van der Waals surface area contributed by atoms with Gasteiger partial charge in [-0.1, -0.05) is 37.3 Å². The Balaban J connectivity index is 1.45. The molecule has 1 aromatic carbocycles. The zero-order chi connectivity index (χ0) is 17.6. The molecule has 1 fully saturated rings. The molecule has 1 saturated heterocycles. The molecule has 0 spiro atoms. The monoisotopic (exact) mass is 340 g/mol. The largest absolute Gasteiger partial charge is 0.352 e. The van der Waals surface area contributed by atoms with Gasteiger partial charge in [-0.15, -0.1) is 0 Å². The van der Waals surface area contributed by atoms with Crippen molar-refractivity contribution in [1.29, 1.82) is 0 Å². The lowest BCUT2D eigenvalue weighted by Crippen LogP contribution is -2.45. The number of aryl methyl sites for hydroxylation is 1. The van der Waals surface area contributed by atoms with Crippen LogP contribution in [-0.2, 0) is 13.5 Å². The van der Waals surface area contributed by atoms with Gasteiger partial charge in [-0.2, -0.15) is 0 Å². The maximum atomic E-state index is 12.2. The van der Waals surface area contributed by atoms with E-state index in [9.17, 15) is 4.79 Å². The minimum atomic E-state index is -0.00890. The predicted octanol–water partition coefficient (Wildman–Crippen LogP) is 2.22. The van der Waals surface area contributed by atoms with Crippen LogP contribution in [-0.4, -0.2) is 35.2 Å². The fraction of sp³-hybridized carbons (Fsp3) is 0.500. The van der Waals surface area contributed by atoms with Gasteiger partial charge < -0.3 is 14.8 Å². The van der Waals surface area contributed by atoms with Crippen LogP contribution < -0.4 is 15.8 Å². The van der Waals surface area contributed by atoms with Crippen molar-refractivity contribution in [2.24, 2.45) is 13.0 Å². The third-order valence-electron chi connectivity index (χ3n) is 4.98. The molecule has 2 aromatic rings. The highest BCUT2D eigenvalue weighted by Gasteiger charge is 2.22. The van der Waals surface area contributed by atoms with Crippen LogP contribution in [0, 0.1) is 5.92 Å². The highest BCUT2D eigenvalue weighted by Crippen LogP contribution is 2.15. The van der Waals surface area contributed by atoms with Gasteiger partial charge >= 0.3 is 0 Å². The Bertz CT molecular complexity index is 720. The van der Waals surface area contributed by atoms with Crippen molar-refractivity contribution in [1.82, 2.24) is 14.9 Å². The molecule has 1 aliphatic heterocycles. The fourth-order valence-electron chi connectivity index (χ4n) is 3.45. The molecule has 0 aliphatic carbocycles. The summed E-state index contributed by atoms with van der Waals surface area (Å²) in [6.07, 6.45) is 6.62. The molecule has 1 aliphatic rings. The van der Waals surface area contributed by atoms with E-state index >= 15 is 0 Å². The SMILES string of the molecule is C[C@@H](CNC1CCN(c2nccn(C)c2=O)CC1)Cc1ccccc1. The van der Waals surface area contributed by atoms with E-state index in [4.69, 9.17) is 0 Å². The van der Waals surface area contributed by atoms with Gasteiger partial charge in [0.25, 0.3) is 5.56 Å². The van der Waals surface area contributed by atoms with Crippen LogP contribution in [0.25, 0.3) is 0 Å². The summed E-state index contributed by atoms with van der Waals surface area (Å²) < 4.78 is 1.60. The van der Waals surface area contributed by atoms with Crippen LogP contribution in [0.4, 0.5) is 5.82 Å². The van der Waals surface area contributed by atoms with Crippen molar-refractivity contribution in [2.45, 2.75) is 32.2 Å². The summed E-state index contributed by atoms with van der Waals surface area (Å²) >= 11 is 0. The standard InChI is InChI=1S/C20H28N4O/c1-16(14-17-6-4-3-5-7-17)15-22-18-8-11-24(12-9-18)19-20(25)23(2)13-10-21-19/h3-7,10,13,16,18,22H,8-9,11-12,14-15H2,1-2H3/t16-/m1/s1. The summed E-state index contributed by atoms with van der Waals surface area (Å²) in [6, 6.07) is 11.2. The third kappa shape index (κ3) is 4.69. The summed E-state index contributed by atoms with van der Waals surface area (Å²) in [5, 5.41) is 3.71. The molecule has 0 saturated carbocycles. The van der Waals surface area contributed by atoms with Gasteiger partial charge in [-0.25, -0.2) is 4.98 Å². The first-order valence-electron chi connectivity index (χ1n) is 9.17. The zero-order valence-electron chi connectivity index (χ0n) is 15.2. The second kappa shape index (κ2) is 8.30. The van der Waals surface area contributed by atoms with E-state index in [1.54, 1.807) is 24.0 Å². The average Bonchev–Trinajstić information content (AvgIpc) is 2.64. The molecule has 1 atom stereocenters. The van der Waals surface area contributed by atoms with Crippen LogP contribution in [0.5, 0.6) is 0 Å². The molecular weight excluding hydrogens is 312 g/mol. The number of benzene rings is 1. The number of aromatic nitrogens is 2. The Labute approximate surface area is 149 Å². The van der Waals surface area contributed by atoms with Crippen molar-refractivity contribution in [3.63, 3.8) is 0 Å². The van der Waals surface area contributed by atoms with Crippen LogP contribution in [0.3, 0.4) is 0 Å². The number of hydrogen-bond acceptors (Lipinski definition) is 4. The third-order valence-corrected chi connectivity index (χ3v) is 4.98. The van der Waals surface area contributed by atoms with Crippen LogP contribution in [0.15, 0.2) is 47.5 Å². The van der Waals surface area contributed by atoms with Gasteiger partial charge in [-0.3, -0.25) is 4.79 Å². The molecule has 0 radical (unpaired) electrons. The highest BCUT2D eigenvalue weighted by molar-refractivity contribution is 5.36. The Morgan fingerprint density at radius 2 is 1.96 bits per heavy atom. The summed E-state index contributed by atoms with van der Waals surface area (Å²) in [7, 11) is 1.77. The zero-order valence-corrected chi connectivity index (χ0v) is 15.2. The lowest BCUT2D eigenvalue weighted by Gasteiger charge is -2.33. The average molecular weight is 340 g/mol. The smallest absolute Gasteiger partial charge is 0.293 e. The van der Waals surface area contributed by atoms with Gasteiger partial charge in [0.2, 0.25) is 0 Å². The Kier molecular flexibility index (Phi) is 5.87. The van der Waals surface area contributed by atoms with E-state index in [-0.39, 0.29) is 5.56 Å². The molecule has 25 heavy (non-hydrogen) atoms. The van der Waals surface area contributed by atoms with Crippen molar-refractivity contribution >= 4 is 5.82 Å². The van der Waals surface area contributed by atoms with Gasteiger partial charge in [-0.05, 0) is 37.3 Å². The molecule has 134 valence electrons. The molecule has 0 amide bonds. The van der Waals surface area contributed by atoms with Crippen molar-refractivity contribution < 1.29 is 0 Å². The summed E-state index contributed by atoms with van der Waals surface area (Å²) in [5.74, 6) is 1.20. The molecular formula is C20H28N4O. The maximum Gasteiger partial charge on any atom is 0.293 e. The number of anilines is 1. The van der Waals surface area contributed by atoms with Crippen LogP contribution in [0.1, 0.15) is 25.3 Å². The quantitative estimate of drug-likeness (QED) is 0.876. The van der Waals surface area contributed by atoms with E-state index in [0.29, 0.717) is 17.8 Å². The minimum Gasteiger partial charge on any atom is -0.352 e. The molecule has 5 heteroatoms. The van der Waals surface area contributed by atoms with E-state index in [1.165, 1.54) is 5.56 Å². The van der Waals surface area contributed by atoms with Gasteiger partial charge in [0, 0.05) is 38.6 Å². The Morgan fingerprint density at radius 3 is 2.68 bits per heavy atom. The van der Waals surface area contributed by atoms with Crippen LogP contribution in [0.2, 0.25) is 0 Å². The second-order valence-electron chi connectivity index (χ2n) is 7.13. The molecule has 0 bridgehead atoms. The van der Waals surface area contributed by atoms with Crippen molar-refractivity contribution in [3.8, 4) is 0 Å². The van der Waals surface area contributed by atoms with Gasteiger partial charge in [0.15, 0.2) is 5.82 Å². The highest BCUT2D eigenvalue weighted by atomic mass is 16.1. The molecule has 3 rings (SSSR count). The number of rotatable bonds is 6. The van der Waals surface area contributed by atoms with Crippen molar-refractivity contribution in [3.05, 3.63) is 58.6 Å². The first-order chi connectivity index (χ1) is 12.1. The summed E-state index contributed by atoms with van der Waals surface area (Å²) in [4.78, 5) is 18.6. The van der Waals surface area contributed by atoms with E-state index < -0.39 is 0 Å². The Hall–Kier alpha value is -2.14. The number of nitrogens with one attached hydrogen (secondary N) is 1. The minimum absolute atomic E-state index is 0.00890. The first kappa shape index (κ1) is 17.7. The lowest BCUT2D eigenvalue weighted by atomic mass is 9.99. The lowest BCUT2D eigenvalue weighted by molar-refractivity contribution is 0.382. The topological polar surface area (TPSA) is 50.2 Å².